The summed E-state index contributed by atoms with van der Waals surface area (Å²) >= 11 is 0. The molecule has 0 aliphatic carbocycles. The number of nitrogens with zero attached hydrogens (tertiary/aromatic N) is 4. The van der Waals surface area contributed by atoms with Crippen LogP contribution < -0.4 is 5.32 Å². The number of hydrogen-bond donors (Lipinski definition) is 1. The SMILES string of the molecule is Cc1cccc(Cn2cc(NC(=O)c3cnn(C)c3C)cn2)c1. The number of nitrogens with one attached hydrogen (secondary N) is 1. The first-order chi connectivity index (χ1) is 11.0. The van der Waals surface area contributed by atoms with Crippen LogP contribution in [0.15, 0.2) is 42.9 Å². The molecule has 0 radical (unpaired) electrons. The third kappa shape index (κ3) is 3.31. The fourth-order valence-corrected chi connectivity index (χ4v) is 2.43. The van der Waals surface area contributed by atoms with Crippen molar-refractivity contribution in [3.63, 3.8) is 0 Å². The zero-order chi connectivity index (χ0) is 16.4. The van der Waals surface area contributed by atoms with Gasteiger partial charge in [0.05, 0.1) is 30.2 Å². The number of benzene rings is 1. The van der Waals surface area contributed by atoms with Gasteiger partial charge in [-0.1, -0.05) is 29.8 Å². The average molecular weight is 309 g/mol. The Morgan fingerprint density at radius 1 is 1.22 bits per heavy atom. The predicted octanol–water partition coefficient (Wildman–Crippen LogP) is 2.53. The van der Waals surface area contributed by atoms with E-state index in [0.717, 1.165) is 5.69 Å². The Bertz CT molecular complexity index is 846. The van der Waals surface area contributed by atoms with Crippen LogP contribution in [-0.2, 0) is 13.6 Å². The summed E-state index contributed by atoms with van der Waals surface area (Å²) in [5.41, 5.74) is 4.46. The molecule has 1 aromatic carbocycles. The second kappa shape index (κ2) is 6.08. The number of amides is 1. The Morgan fingerprint density at radius 3 is 2.74 bits per heavy atom. The van der Waals surface area contributed by atoms with Crippen molar-refractivity contribution in [2.45, 2.75) is 20.4 Å². The molecule has 1 amide bonds. The largest absolute Gasteiger partial charge is 0.319 e. The van der Waals surface area contributed by atoms with Crippen LogP contribution in [0.1, 0.15) is 27.2 Å². The Morgan fingerprint density at radius 2 is 2.04 bits per heavy atom. The summed E-state index contributed by atoms with van der Waals surface area (Å²) in [5, 5.41) is 11.2. The maximum atomic E-state index is 12.3. The van der Waals surface area contributed by atoms with Crippen molar-refractivity contribution in [3.05, 3.63) is 65.2 Å². The smallest absolute Gasteiger partial charge is 0.259 e. The van der Waals surface area contributed by atoms with E-state index in [1.165, 1.54) is 11.1 Å². The molecule has 3 aromatic rings. The summed E-state index contributed by atoms with van der Waals surface area (Å²) in [6.07, 6.45) is 5.05. The van der Waals surface area contributed by atoms with E-state index in [0.29, 0.717) is 17.8 Å². The van der Waals surface area contributed by atoms with Crippen molar-refractivity contribution in [1.29, 1.82) is 0 Å². The van der Waals surface area contributed by atoms with Gasteiger partial charge >= 0.3 is 0 Å². The molecule has 3 rings (SSSR count). The van der Waals surface area contributed by atoms with Crippen LogP contribution in [0.4, 0.5) is 5.69 Å². The molecule has 0 aliphatic heterocycles. The minimum atomic E-state index is -0.175. The van der Waals surface area contributed by atoms with Crippen molar-refractivity contribution in [2.75, 3.05) is 5.32 Å². The van der Waals surface area contributed by atoms with E-state index in [9.17, 15) is 4.79 Å². The van der Waals surface area contributed by atoms with Crippen LogP contribution in [-0.4, -0.2) is 25.5 Å². The van der Waals surface area contributed by atoms with Gasteiger partial charge in [-0.05, 0) is 19.4 Å². The number of hydrogen-bond acceptors (Lipinski definition) is 3. The molecule has 23 heavy (non-hydrogen) atoms. The molecular weight excluding hydrogens is 290 g/mol. The van der Waals surface area contributed by atoms with E-state index in [-0.39, 0.29) is 5.91 Å². The quantitative estimate of drug-likeness (QED) is 0.805. The summed E-state index contributed by atoms with van der Waals surface area (Å²) in [7, 11) is 1.81. The number of aromatic nitrogens is 4. The molecule has 0 atom stereocenters. The monoisotopic (exact) mass is 309 g/mol. The second-order valence-electron chi connectivity index (χ2n) is 5.64. The molecule has 0 bridgehead atoms. The Kier molecular flexibility index (Phi) is 3.97. The van der Waals surface area contributed by atoms with Gasteiger partial charge in [0.2, 0.25) is 0 Å². The highest BCUT2D eigenvalue weighted by Gasteiger charge is 2.13. The summed E-state index contributed by atoms with van der Waals surface area (Å²) in [6.45, 7) is 4.60. The lowest BCUT2D eigenvalue weighted by Crippen LogP contribution is -2.12. The number of carbonyl (C=O) groups excluding carboxylic acids is 1. The van der Waals surface area contributed by atoms with Crippen LogP contribution in [0, 0.1) is 13.8 Å². The molecule has 2 aromatic heterocycles. The molecule has 0 aliphatic rings. The zero-order valence-corrected chi connectivity index (χ0v) is 13.4. The van der Waals surface area contributed by atoms with Crippen molar-refractivity contribution < 1.29 is 4.79 Å². The van der Waals surface area contributed by atoms with Gasteiger partial charge in [-0.15, -0.1) is 0 Å². The average Bonchev–Trinajstić information content (AvgIpc) is 3.07. The van der Waals surface area contributed by atoms with E-state index in [1.54, 1.807) is 21.8 Å². The van der Waals surface area contributed by atoms with Crippen molar-refractivity contribution in [3.8, 4) is 0 Å². The standard InChI is InChI=1S/C17H19N5O/c1-12-5-4-6-14(7-12)10-22-11-15(8-19-22)20-17(23)16-9-18-21(3)13(16)2/h4-9,11H,10H2,1-3H3,(H,20,23). The normalized spacial score (nSPS) is 10.7. The van der Waals surface area contributed by atoms with Gasteiger partial charge in [-0.2, -0.15) is 10.2 Å². The van der Waals surface area contributed by atoms with Gasteiger partial charge in [-0.25, -0.2) is 0 Å². The summed E-state index contributed by atoms with van der Waals surface area (Å²) in [5.74, 6) is -0.175. The van der Waals surface area contributed by atoms with Gasteiger partial charge < -0.3 is 5.32 Å². The molecule has 0 saturated heterocycles. The van der Waals surface area contributed by atoms with Gasteiger partial charge in [0.25, 0.3) is 5.91 Å². The number of aryl methyl sites for hydroxylation is 2. The van der Waals surface area contributed by atoms with Crippen LogP contribution in [0.5, 0.6) is 0 Å². The first-order valence-electron chi connectivity index (χ1n) is 7.41. The van der Waals surface area contributed by atoms with Crippen molar-refractivity contribution >= 4 is 11.6 Å². The molecule has 1 N–H and O–H groups in total. The minimum Gasteiger partial charge on any atom is -0.319 e. The summed E-state index contributed by atoms with van der Waals surface area (Å²) in [6, 6.07) is 8.28. The lowest BCUT2D eigenvalue weighted by atomic mass is 10.1. The molecule has 118 valence electrons. The number of carbonyl (C=O) groups is 1. The van der Waals surface area contributed by atoms with Crippen molar-refractivity contribution in [2.24, 2.45) is 7.05 Å². The van der Waals surface area contributed by atoms with E-state index < -0.39 is 0 Å². The zero-order valence-electron chi connectivity index (χ0n) is 13.4. The Hall–Kier alpha value is -2.89. The van der Waals surface area contributed by atoms with E-state index in [4.69, 9.17) is 0 Å². The van der Waals surface area contributed by atoms with Gasteiger partial charge in [0.1, 0.15) is 0 Å². The highest BCUT2D eigenvalue weighted by molar-refractivity contribution is 6.04. The molecule has 0 saturated carbocycles. The molecule has 6 heteroatoms. The third-order valence-corrected chi connectivity index (χ3v) is 3.80. The summed E-state index contributed by atoms with van der Waals surface area (Å²) in [4.78, 5) is 12.3. The minimum absolute atomic E-state index is 0.175. The van der Waals surface area contributed by atoms with Crippen LogP contribution >= 0.6 is 0 Å². The van der Waals surface area contributed by atoms with E-state index >= 15 is 0 Å². The van der Waals surface area contributed by atoms with Crippen LogP contribution in [0.2, 0.25) is 0 Å². The van der Waals surface area contributed by atoms with Gasteiger partial charge in [0.15, 0.2) is 0 Å². The molecule has 6 nitrogen and oxygen atoms in total. The Balaban J connectivity index is 1.70. The topological polar surface area (TPSA) is 64.7 Å². The molecular formula is C17H19N5O. The first-order valence-corrected chi connectivity index (χ1v) is 7.41. The molecule has 0 unspecified atom stereocenters. The van der Waals surface area contributed by atoms with E-state index in [1.807, 2.05) is 26.2 Å². The summed E-state index contributed by atoms with van der Waals surface area (Å²) < 4.78 is 3.48. The molecule has 2 heterocycles. The van der Waals surface area contributed by atoms with Gasteiger partial charge in [0, 0.05) is 18.9 Å². The predicted molar refractivity (Wildman–Crippen MR) is 88.4 cm³/mol. The van der Waals surface area contributed by atoms with Crippen molar-refractivity contribution in [1.82, 2.24) is 19.6 Å². The van der Waals surface area contributed by atoms with E-state index in [2.05, 4.69) is 40.6 Å². The second-order valence-corrected chi connectivity index (χ2v) is 5.64. The fraction of sp³-hybridized carbons (Fsp3) is 0.235. The fourth-order valence-electron chi connectivity index (χ4n) is 2.43. The Labute approximate surface area is 134 Å². The first kappa shape index (κ1) is 15.0. The lowest BCUT2D eigenvalue weighted by molar-refractivity contribution is 0.102. The highest BCUT2D eigenvalue weighted by Crippen LogP contribution is 2.12. The van der Waals surface area contributed by atoms with Crippen LogP contribution in [0.25, 0.3) is 0 Å². The third-order valence-electron chi connectivity index (χ3n) is 3.80. The number of rotatable bonds is 4. The highest BCUT2D eigenvalue weighted by atomic mass is 16.1. The van der Waals surface area contributed by atoms with Gasteiger partial charge in [-0.3, -0.25) is 14.2 Å². The molecule has 0 spiro atoms. The maximum Gasteiger partial charge on any atom is 0.259 e. The lowest BCUT2D eigenvalue weighted by Gasteiger charge is -2.03. The maximum absolute atomic E-state index is 12.3. The molecule has 0 fully saturated rings. The van der Waals surface area contributed by atoms with Crippen LogP contribution in [0.3, 0.4) is 0 Å². The number of anilines is 1.